The van der Waals surface area contributed by atoms with E-state index < -0.39 is 171 Å². The Bertz CT molecular complexity index is 3590. The van der Waals surface area contributed by atoms with E-state index in [1.807, 2.05) is 20.8 Å². The van der Waals surface area contributed by atoms with Crippen LogP contribution in [-0.2, 0) is 71.1 Å². The second kappa shape index (κ2) is 19.2. The molecular formula is C61H64F2N4O18. The summed E-state index contributed by atoms with van der Waals surface area (Å²) in [5.41, 5.74) is -7.39. The van der Waals surface area contributed by atoms with E-state index >= 15 is 4.39 Å². The van der Waals surface area contributed by atoms with Crippen LogP contribution in [0.4, 0.5) is 8.78 Å². The lowest BCUT2D eigenvalue weighted by Gasteiger charge is -2.67. The zero-order chi connectivity index (χ0) is 60.5. The number of hydrogen-bond acceptors (Lipinski definition) is 20. The monoisotopic (exact) mass is 1180 g/mol. The molecule has 2 saturated heterocycles. The van der Waals surface area contributed by atoms with Gasteiger partial charge in [-0.2, -0.15) is 0 Å². The Hall–Kier alpha value is -7.54. The topological polar surface area (TPSA) is 303 Å². The number of carbonyl (C=O) groups excluding carboxylic acids is 6. The van der Waals surface area contributed by atoms with Gasteiger partial charge in [-0.3, -0.25) is 23.9 Å². The molecule has 0 bridgehead atoms. The Morgan fingerprint density at radius 3 is 2.22 bits per heavy atom. The van der Waals surface area contributed by atoms with Gasteiger partial charge in [0.25, 0.3) is 0 Å². The first-order chi connectivity index (χ1) is 40.2. The molecular weight excluding hydrogens is 1110 g/mol. The number of epoxide rings is 1. The highest BCUT2D eigenvalue weighted by atomic mass is 19.1. The van der Waals surface area contributed by atoms with E-state index in [9.17, 15) is 53.6 Å². The first-order valence-electron chi connectivity index (χ1n) is 28.6. The lowest BCUT2D eigenvalue weighted by molar-refractivity contribution is -0.285. The number of fused-ring (bicyclic) bond motifs is 16. The second-order valence-corrected chi connectivity index (χ2v) is 25.3. The molecule has 450 valence electrons. The summed E-state index contributed by atoms with van der Waals surface area (Å²) in [5, 5.41) is 60.5. The number of aryl methyl sites for hydroxylation is 1. The SMILES string of the molecule is CC(=O)O[C@H]1[C@H]2[C@@H]([C@@H](O)[C@@H](NC(=O)CCCn3cc(COc4cc5c(cc4F)C4(OC(=O)c6ccccc64)c4cc(F)c(O)cc4O5)nn3)[C@H]3C[C@@H]4O[C@@H]4[C@H](OC(C)=O)[C@]23C)[C@@H]2[C@@H](O)C3[C@H]([C@H](C)C=C4OC(=O)[C@@](C)(O)[C@@]43C)[C@@]2(C)[C@H]1OC(C)=O. The van der Waals surface area contributed by atoms with Crippen molar-refractivity contribution in [1.29, 1.82) is 0 Å². The third kappa shape index (κ3) is 7.91. The van der Waals surface area contributed by atoms with Gasteiger partial charge in [0.15, 0.2) is 34.3 Å². The van der Waals surface area contributed by atoms with Crippen LogP contribution in [0.2, 0.25) is 0 Å². The molecule has 1 spiro atoms. The number of phenolic OH excluding ortho intramolecular Hbond substituents is 1. The fourth-order valence-electron chi connectivity index (χ4n) is 17.5. The predicted molar refractivity (Wildman–Crippen MR) is 283 cm³/mol. The smallest absolute Gasteiger partial charge is 0.343 e. The molecule has 5 heterocycles. The molecule has 4 aliphatic heterocycles. The molecule has 0 radical (unpaired) electrons. The van der Waals surface area contributed by atoms with E-state index in [4.69, 9.17) is 37.9 Å². The average Bonchev–Trinajstić information content (AvgIpc) is 1.56. The Balaban J connectivity index is 0.766. The van der Waals surface area contributed by atoms with E-state index in [1.165, 1.54) is 44.5 Å². The molecule has 5 aliphatic carbocycles. The van der Waals surface area contributed by atoms with E-state index in [0.29, 0.717) is 5.56 Å². The van der Waals surface area contributed by atoms with Gasteiger partial charge in [0.1, 0.15) is 54.0 Å². The Kier molecular flexibility index (Phi) is 12.8. The highest BCUT2D eigenvalue weighted by Crippen LogP contribution is 2.76. The van der Waals surface area contributed by atoms with Crippen LogP contribution >= 0.6 is 0 Å². The maximum atomic E-state index is 16.2. The summed E-state index contributed by atoms with van der Waals surface area (Å²) in [6.45, 7) is 12.0. The standard InChI is InChI=1S/C61H64F2N4O18/c1-24-16-41-59(7,60(8,77)56(76)84-41)47-44(24)58(6)45(50(47)74)43-46(52(79-25(2)68)54(58)81-27(4)70)57(5)33(19-40-51(83-40)53(57)80-26(3)69)48(49(43)73)64-42(72)14-11-15-67-22-28(65-66-67)23-78-39-21-38-32(18-35(39)63)61(30-13-10-9-12-29(30)55(75)85-61)31-17-34(62)36(71)20-37(31)82-38/h9-10,12-13,16-18,20-22,24,33,40,43-54,71,73-74,77H,11,14-15,19,23H2,1-8H3,(H,64,72)/t24-,33-,40+,43+,44+,45-,46-,47?,48+,49-,50-,51+,52+,53+,54+,57+,58-,59+,60-,61?/m1/s1. The van der Waals surface area contributed by atoms with Crippen LogP contribution in [0.5, 0.6) is 23.0 Å². The fourth-order valence-corrected chi connectivity index (χ4v) is 17.5. The van der Waals surface area contributed by atoms with Gasteiger partial charge in [0.05, 0.1) is 52.7 Å². The molecule has 3 aromatic carbocycles. The maximum Gasteiger partial charge on any atom is 0.343 e. The quantitative estimate of drug-likeness (QED) is 0.0753. The van der Waals surface area contributed by atoms with Gasteiger partial charge < -0.3 is 63.6 Å². The summed E-state index contributed by atoms with van der Waals surface area (Å²) in [6, 6.07) is 9.67. The summed E-state index contributed by atoms with van der Waals surface area (Å²) < 4.78 is 81.4. The summed E-state index contributed by atoms with van der Waals surface area (Å²) in [4.78, 5) is 81.4. The number of aromatic hydroxyl groups is 1. The minimum atomic E-state index is -2.15. The molecule has 1 aromatic heterocycles. The maximum absolute atomic E-state index is 16.2. The Morgan fingerprint density at radius 1 is 0.824 bits per heavy atom. The number of nitrogens with one attached hydrogen (secondary N) is 1. The molecule has 2 unspecified atom stereocenters. The number of allylic oxidation sites excluding steroid dienone is 1. The molecule has 13 rings (SSSR count). The van der Waals surface area contributed by atoms with Crippen molar-refractivity contribution in [1.82, 2.24) is 20.3 Å². The molecule has 4 aromatic rings. The molecule has 5 N–H and O–H groups in total. The van der Waals surface area contributed by atoms with Crippen molar-refractivity contribution < 1.29 is 95.9 Å². The zero-order valence-corrected chi connectivity index (χ0v) is 47.6. The third-order valence-electron chi connectivity index (χ3n) is 21.0. The summed E-state index contributed by atoms with van der Waals surface area (Å²) >= 11 is 0. The second-order valence-electron chi connectivity index (χ2n) is 25.3. The van der Waals surface area contributed by atoms with Crippen LogP contribution in [0.15, 0.2) is 66.6 Å². The van der Waals surface area contributed by atoms with E-state index in [2.05, 4.69) is 15.6 Å². The van der Waals surface area contributed by atoms with Crippen LogP contribution in [-0.4, -0.2) is 126 Å². The van der Waals surface area contributed by atoms with E-state index in [-0.39, 0.29) is 77.8 Å². The number of ether oxygens (including phenoxy) is 8. The largest absolute Gasteiger partial charge is 0.505 e. The number of aromatic nitrogens is 3. The highest BCUT2D eigenvalue weighted by Gasteiger charge is 2.83. The minimum absolute atomic E-state index is 0.00272. The number of amides is 1. The molecule has 4 saturated carbocycles. The fraction of sp³-hybridized carbons (Fsp3) is 0.541. The number of aliphatic hydroxyl groups excluding tert-OH is 2. The first-order valence-corrected chi connectivity index (χ1v) is 28.6. The predicted octanol–water partition coefficient (Wildman–Crippen LogP) is 4.96. The molecule has 9 aliphatic rings. The van der Waals surface area contributed by atoms with Crippen LogP contribution in [0, 0.1) is 69.3 Å². The summed E-state index contributed by atoms with van der Waals surface area (Å²) in [6.07, 6.45) is -4.13. The number of esters is 5. The normalized spacial score (nSPS) is 39.0. The van der Waals surface area contributed by atoms with Crippen molar-refractivity contribution in [2.24, 2.45) is 57.7 Å². The number of hydrogen-bond donors (Lipinski definition) is 5. The van der Waals surface area contributed by atoms with Crippen molar-refractivity contribution in [3.05, 3.63) is 106 Å². The van der Waals surface area contributed by atoms with Crippen LogP contribution in [0.3, 0.4) is 0 Å². The van der Waals surface area contributed by atoms with Gasteiger partial charge in [-0.1, -0.05) is 44.2 Å². The van der Waals surface area contributed by atoms with E-state index in [1.54, 1.807) is 37.4 Å². The molecule has 1 amide bonds. The summed E-state index contributed by atoms with van der Waals surface area (Å²) in [7, 11) is 0. The lowest BCUT2D eigenvalue weighted by Crippen LogP contribution is -2.77. The van der Waals surface area contributed by atoms with Crippen molar-refractivity contribution in [2.75, 3.05) is 0 Å². The van der Waals surface area contributed by atoms with Gasteiger partial charge in [0.2, 0.25) is 5.91 Å². The first kappa shape index (κ1) is 56.6. The highest BCUT2D eigenvalue weighted by molar-refractivity contribution is 5.97. The average molecular weight is 1180 g/mol. The van der Waals surface area contributed by atoms with E-state index in [0.717, 1.165) is 18.2 Å². The molecule has 22 nitrogen and oxygen atoms in total. The molecule has 24 heteroatoms. The van der Waals surface area contributed by atoms with Gasteiger partial charge in [-0.05, 0) is 74.6 Å². The number of rotatable bonds is 11. The molecule has 85 heavy (non-hydrogen) atoms. The summed E-state index contributed by atoms with van der Waals surface area (Å²) in [5.74, 6) is -13.2. The number of benzene rings is 3. The van der Waals surface area contributed by atoms with Gasteiger partial charge in [-0.15, -0.1) is 5.10 Å². The Labute approximate surface area is 485 Å². The van der Waals surface area contributed by atoms with Crippen molar-refractivity contribution in [2.45, 2.75) is 148 Å². The lowest BCUT2D eigenvalue weighted by atomic mass is 9.40. The van der Waals surface area contributed by atoms with Gasteiger partial charge >= 0.3 is 29.8 Å². The van der Waals surface area contributed by atoms with Crippen LogP contribution in [0.25, 0.3) is 0 Å². The number of carbonyl (C=O) groups is 6. The van der Waals surface area contributed by atoms with Gasteiger partial charge in [-0.25, -0.2) is 18.4 Å². The van der Waals surface area contributed by atoms with Crippen LogP contribution in [0.1, 0.15) is 107 Å². The number of halogens is 2. The van der Waals surface area contributed by atoms with Crippen molar-refractivity contribution >= 4 is 35.8 Å². The van der Waals surface area contributed by atoms with Crippen molar-refractivity contribution in [3.8, 4) is 23.0 Å². The Morgan fingerprint density at radius 2 is 1.51 bits per heavy atom. The third-order valence-corrected chi connectivity index (χ3v) is 21.0. The minimum Gasteiger partial charge on any atom is -0.505 e. The van der Waals surface area contributed by atoms with Crippen LogP contribution < -0.4 is 14.8 Å². The molecule has 20 atom stereocenters. The number of phenols is 1. The number of nitrogens with zero attached hydrogens (tertiary/aromatic N) is 3. The molecule has 6 fully saturated rings. The van der Waals surface area contributed by atoms with Gasteiger partial charge in [0, 0.05) is 80.0 Å². The number of aliphatic hydroxyl groups is 3. The van der Waals surface area contributed by atoms with Crippen molar-refractivity contribution in [3.63, 3.8) is 0 Å². The zero-order valence-electron chi connectivity index (χ0n) is 47.6.